The molecule has 7 heteroatoms. The van der Waals surface area contributed by atoms with Crippen LogP contribution in [-0.4, -0.2) is 43.9 Å². The number of rotatable bonds is 7. The Morgan fingerprint density at radius 2 is 2.04 bits per heavy atom. The van der Waals surface area contributed by atoms with Crippen molar-refractivity contribution < 1.29 is 9.21 Å². The molecule has 0 aromatic carbocycles. The quantitative estimate of drug-likeness (QED) is 0.671. The molecule has 1 aliphatic rings. The number of hydrogen-bond acceptors (Lipinski definition) is 5. The van der Waals surface area contributed by atoms with Crippen molar-refractivity contribution in [3.63, 3.8) is 0 Å². The van der Waals surface area contributed by atoms with Crippen molar-refractivity contribution in [2.24, 2.45) is 0 Å². The fourth-order valence-electron chi connectivity index (χ4n) is 3.60. The number of carbonyl (C=O) groups excluding carboxylic acids is 1. The second-order valence-corrected chi connectivity index (χ2v) is 8.02. The second kappa shape index (κ2) is 8.75. The molecule has 3 rings (SSSR count). The molecule has 1 aliphatic carbocycles. The normalized spacial score (nSPS) is 16.6. The summed E-state index contributed by atoms with van der Waals surface area (Å²) in [6, 6.07) is 4.16. The predicted molar refractivity (Wildman–Crippen MR) is 103 cm³/mol. The van der Waals surface area contributed by atoms with Gasteiger partial charge in [-0.25, -0.2) is 0 Å². The van der Waals surface area contributed by atoms with Gasteiger partial charge in [-0.05, 0) is 45.7 Å². The van der Waals surface area contributed by atoms with E-state index in [1.165, 1.54) is 31.0 Å². The van der Waals surface area contributed by atoms with Crippen LogP contribution in [0, 0.1) is 0 Å². The number of furan rings is 1. The number of aromatic nitrogens is 3. The summed E-state index contributed by atoms with van der Waals surface area (Å²) in [6.07, 6.45) is 7.63. The monoisotopic (exact) mass is 376 g/mol. The largest absolute Gasteiger partial charge is 0.461 e. The zero-order chi connectivity index (χ0) is 18.5. The summed E-state index contributed by atoms with van der Waals surface area (Å²) in [5.74, 6) is 1.65. The van der Waals surface area contributed by atoms with Crippen LogP contribution < -0.4 is 0 Å². The lowest BCUT2D eigenvalue weighted by Gasteiger charge is -2.26. The van der Waals surface area contributed by atoms with E-state index in [1.54, 1.807) is 6.26 Å². The Balaban J connectivity index is 1.88. The second-order valence-electron chi connectivity index (χ2n) is 6.72. The number of thioether (sulfide) groups is 1. The highest BCUT2D eigenvalue weighted by Gasteiger charge is 2.28. The molecule has 2 heterocycles. The highest BCUT2D eigenvalue weighted by atomic mass is 32.2. The Morgan fingerprint density at radius 1 is 1.31 bits per heavy atom. The summed E-state index contributed by atoms with van der Waals surface area (Å²) in [4.78, 5) is 14.5. The van der Waals surface area contributed by atoms with Crippen molar-refractivity contribution >= 4 is 17.7 Å². The van der Waals surface area contributed by atoms with Gasteiger partial charge in [-0.3, -0.25) is 9.36 Å². The molecule has 0 saturated heterocycles. The topological polar surface area (TPSA) is 64.2 Å². The maximum atomic E-state index is 12.7. The Morgan fingerprint density at radius 3 is 2.65 bits per heavy atom. The molecule has 1 fully saturated rings. The number of carbonyl (C=O) groups is 1. The van der Waals surface area contributed by atoms with E-state index in [4.69, 9.17) is 4.42 Å². The summed E-state index contributed by atoms with van der Waals surface area (Å²) in [6.45, 7) is 7.44. The van der Waals surface area contributed by atoms with Gasteiger partial charge in [0.1, 0.15) is 0 Å². The zero-order valence-corrected chi connectivity index (χ0v) is 16.7. The minimum absolute atomic E-state index is 0.151. The van der Waals surface area contributed by atoms with Crippen LogP contribution in [0.2, 0.25) is 0 Å². The average molecular weight is 377 g/mol. The summed E-state index contributed by atoms with van der Waals surface area (Å²) in [7, 11) is 0. The Kier molecular flexibility index (Phi) is 6.40. The molecular weight excluding hydrogens is 348 g/mol. The molecule has 6 nitrogen and oxygen atoms in total. The van der Waals surface area contributed by atoms with Gasteiger partial charge in [0, 0.05) is 19.1 Å². The van der Waals surface area contributed by atoms with Gasteiger partial charge in [0.15, 0.2) is 10.9 Å². The van der Waals surface area contributed by atoms with Crippen LogP contribution >= 0.6 is 11.8 Å². The molecule has 1 unspecified atom stereocenters. The fourth-order valence-corrected chi connectivity index (χ4v) is 4.60. The standard InChI is InChI=1S/C19H28N4O2S/c1-4-22(5-2)18(24)14(3)26-19-21-20-17(16-12-9-13-25-16)23(19)15-10-7-6-8-11-15/h9,12-15H,4-8,10-11H2,1-3H3. The highest BCUT2D eigenvalue weighted by Crippen LogP contribution is 2.36. The Bertz CT molecular complexity index is 703. The summed E-state index contributed by atoms with van der Waals surface area (Å²) < 4.78 is 7.79. The van der Waals surface area contributed by atoms with Crippen LogP contribution in [0.5, 0.6) is 0 Å². The van der Waals surface area contributed by atoms with E-state index in [2.05, 4.69) is 14.8 Å². The van der Waals surface area contributed by atoms with Crippen molar-refractivity contribution in [1.82, 2.24) is 19.7 Å². The molecule has 0 spiro atoms. The maximum Gasteiger partial charge on any atom is 0.235 e. The van der Waals surface area contributed by atoms with E-state index in [0.717, 1.165) is 42.7 Å². The molecule has 26 heavy (non-hydrogen) atoms. The first kappa shape index (κ1) is 19.0. The van der Waals surface area contributed by atoms with Crippen LogP contribution in [0.15, 0.2) is 28.0 Å². The van der Waals surface area contributed by atoms with E-state index < -0.39 is 0 Å². The highest BCUT2D eigenvalue weighted by molar-refractivity contribution is 8.00. The molecule has 2 aromatic heterocycles. The molecule has 0 N–H and O–H groups in total. The Labute approximate surface area is 159 Å². The minimum atomic E-state index is -0.189. The molecule has 142 valence electrons. The number of hydrogen-bond donors (Lipinski definition) is 0. The maximum absolute atomic E-state index is 12.7. The molecule has 0 aliphatic heterocycles. The lowest BCUT2D eigenvalue weighted by atomic mass is 9.95. The van der Waals surface area contributed by atoms with Crippen LogP contribution in [-0.2, 0) is 4.79 Å². The number of amides is 1. The van der Waals surface area contributed by atoms with Crippen molar-refractivity contribution in [3.05, 3.63) is 18.4 Å². The fraction of sp³-hybridized carbons (Fsp3) is 0.632. The first-order valence-electron chi connectivity index (χ1n) is 9.59. The van der Waals surface area contributed by atoms with Crippen molar-refractivity contribution in [1.29, 1.82) is 0 Å². The molecular formula is C19H28N4O2S. The van der Waals surface area contributed by atoms with Gasteiger partial charge in [0.05, 0.1) is 11.5 Å². The average Bonchev–Trinajstić information content (AvgIpc) is 3.32. The van der Waals surface area contributed by atoms with Gasteiger partial charge in [-0.15, -0.1) is 10.2 Å². The van der Waals surface area contributed by atoms with E-state index in [-0.39, 0.29) is 11.2 Å². The predicted octanol–water partition coefficient (Wildman–Crippen LogP) is 4.39. The smallest absolute Gasteiger partial charge is 0.235 e. The van der Waals surface area contributed by atoms with Gasteiger partial charge in [0.2, 0.25) is 11.7 Å². The Hall–Kier alpha value is -1.76. The van der Waals surface area contributed by atoms with Gasteiger partial charge >= 0.3 is 0 Å². The lowest BCUT2D eigenvalue weighted by molar-refractivity contribution is -0.129. The van der Waals surface area contributed by atoms with Crippen molar-refractivity contribution in [2.75, 3.05) is 13.1 Å². The van der Waals surface area contributed by atoms with Gasteiger partial charge in [0.25, 0.3) is 0 Å². The molecule has 1 saturated carbocycles. The summed E-state index contributed by atoms with van der Waals surface area (Å²) >= 11 is 1.51. The van der Waals surface area contributed by atoms with Crippen LogP contribution in [0.1, 0.15) is 58.9 Å². The van der Waals surface area contributed by atoms with Gasteiger partial charge < -0.3 is 9.32 Å². The third-order valence-corrected chi connectivity index (χ3v) is 6.10. The molecule has 0 bridgehead atoms. The molecule has 0 radical (unpaired) electrons. The van der Waals surface area contributed by atoms with Crippen LogP contribution in [0.4, 0.5) is 0 Å². The SMILES string of the molecule is CCN(CC)C(=O)C(C)Sc1nnc(-c2ccco2)n1C1CCCCC1. The number of nitrogens with zero attached hydrogens (tertiary/aromatic N) is 4. The third kappa shape index (κ3) is 3.98. The lowest BCUT2D eigenvalue weighted by Crippen LogP contribution is -2.36. The first-order chi connectivity index (χ1) is 12.7. The summed E-state index contributed by atoms with van der Waals surface area (Å²) in [5, 5.41) is 9.46. The molecule has 1 atom stereocenters. The summed E-state index contributed by atoms with van der Waals surface area (Å²) in [5.41, 5.74) is 0. The third-order valence-electron chi connectivity index (χ3n) is 5.05. The van der Waals surface area contributed by atoms with Gasteiger partial charge in [-0.2, -0.15) is 0 Å². The van der Waals surface area contributed by atoms with Crippen LogP contribution in [0.3, 0.4) is 0 Å². The van der Waals surface area contributed by atoms with E-state index in [9.17, 15) is 4.79 Å². The van der Waals surface area contributed by atoms with E-state index in [0.29, 0.717) is 6.04 Å². The van der Waals surface area contributed by atoms with Gasteiger partial charge in [-0.1, -0.05) is 31.0 Å². The van der Waals surface area contributed by atoms with E-state index in [1.807, 2.05) is 37.8 Å². The van der Waals surface area contributed by atoms with Crippen molar-refractivity contribution in [3.8, 4) is 11.6 Å². The van der Waals surface area contributed by atoms with Crippen LogP contribution in [0.25, 0.3) is 11.6 Å². The van der Waals surface area contributed by atoms with E-state index >= 15 is 0 Å². The molecule has 2 aromatic rings. The first-order valence-corrected chi connectivity index (χ1v) is 10.5. The zero-order valence-electron chi connectivity index (χ0n) is 15.9. The van der Waals surface area contributed by atoms with Crippen molar-refractivity contribution in [2.45, 2.75) is 69.3 Å². The molecule has 1 amide bonds. The minimum Gasteiger partial charge on any atom is -0.461 e.